The number of hydrogen-bond acceptors (Lipinski definition) is 2. The minimum Gasteiger partial charge on any atom is -0.384 e. The van der Waals surface area contributed by atoms with E-state index in [0.717, 1.165) is 18.7 Å². The second kappa shape index (κ2) is 5.75. The van der Waals surface area contributed by atoms with Crippen molar-refractivity contribution in [2.75, 3.05) is 11.9 Å². The second-order valence-corrected chi connectivity index (χ2v) is 5.74. The molecule has 0 fully saturated rings. The Morgan fingerprint density at radius 1 is 1.11 bits per heavy atom. The molecule has 0 spiro atoms. The summed E-state index contributed by atoms with van der Waals surface area (Å²) in [7, 11) is 0. The molecular weight excluding hydrogens is 232 g/mol. The molecule has 2 aromatic carbocycles. The molecule has 2 aromatic rings. The van der Waals surface area contributed by atoms with Crippen molar-refractivity contribution < 1.29 is 0 Å². The summed E-state index contributed by atoms with van der Waals surface area (Å²) in [5.41, 5.74) is 1.28. The highest BCUT2D eigenvalue weighted by Gasteiger charge is 2.16. The van der Waals surface area contributed by atoms with E-state index in [1.54, 1.807) is 0 Å². The Morgan fingerprint density at radius 3 is 2.58 bits per heavy atom. The van der Waals surface area contributed by atoms with Gasteiger partial charge in [0.1, 0.15) is 0 Å². The highest BCUT2D eigenvalue weighted by molar-refractivity contribution is 5.85. The Kier molecular flexibility index (Phi) is 4.06. The molecule has 0 aliphatic carbocycles. The Morgan fingerprint density at radius 2 is 1.84 bits per heavy atom. The van der Waals surface area contributed by atoms with E-state index in [0.29, 0.717) is 6.42 Å². The molecule has 0 atom stereocenters. The molecule has 0 radical (unpaired) electrons. The molecule has 0 unspecified atom stereocenters. The van der Waals surface area contributed by atoms with Crippen molar-refractivity contribution in [2.24, 2.45) is 5.41 Å². The van der Waals surface area contributed by atoms with Crippen molar-refractivity contribution in [1.82, 2.24) is 0 Å². The van der Waals surface area contributed by atoms with Gasteiger partial charge in [0.05, 0.1) is 6.07 Å². The molecule has 98 valence electrons. The van der Waals surface area contributed by atoms with Gasteiger partial charge in [-0.05, 0) is 34.7 Å². The maximum atomic E-state index is 8.66. The number of fused-ring (bicyclic) bond motifs is 1. The number of anilines is 1. The van der Waals surface area contributed by atoms with Crippen LogP contribution >= 0.6 is 0 Å². The lowest BCUT2D eigenvalue weighted by molar-refractivity contribution is 0.364. The summed E-state index contributed by atoms with van der Waals surface area (Å²) >= 11 is 0. The monoisotopic (exact) mass is 252 g/mol. The molecule has 2 heteroatoms. The van der Waals surface area contributed by atoms with Gasteiger partial charge in [-0.25, -0.2) is 0 Å². The summed E-state index contributed by atoms with van der Waals surface area (Å²) in [5, 5.41) is 14.7. The second-order valence-electron chi connectivity index (χ2n) is 5.74. The van der Waals surface area contributed by atoms with E-state index < -0.39 is 0 Å². The fourth-order valence-corrected chi connectivity index (χ4v) is 2.12. The maximum Gasteiger partial charge on any atom is 0.0621 e. The SMILES string of the molecule is CC(C)(CCC#N)CNc1ccc2ccccc2c1. The molecule has 2 rings (SSSR count). The highest BCUT2D eigenvalue weighted by atomic mass is 14.9. The molecule has 0 saturated heterocycles. The van der Waals surface area contributed by atoms with Gasteiger partial charge >= 0.3 is 0 Å². The van der Waals surface area contributed by atoms with E-state index in [1.807, 2.05) is 0 Å². The first-order valence-corrected chi connectivity index (χ1v) is 6.70. The molecule has 1 N–H and O–H groups in total. The van der Waals surface area contributed by atoms with Crippen LogP contribution in [0.25, 0.3) is 10.8 Å². The summed E-state index contributed by atoms with van der Waals surface area (Å²) in [6, 6.07) is 17.0. The van der Waals surface area contributed by atoms with Crippen LogP contribution in [0.1, 0.15) is 26.7 Å². The van der Waals surface area contributed by atoms with E-state index >= 15 is 0 Å². The van der Waals surface area contributed by atoms with E-state index in [4.69, 9.17) is 5.26 Å². The Hall–Kier alpha value is -2.01. The molecule has 19 heavy (non-hydrogen) atoms. The third-order valence-electron chi connectivity index (χ3n) is 3.43. The van der Waals surface area contributed by atoms with Crippen LogP contribution in [-0.4, -0.2) is 6.54 Å². The third kappa shape index (κ3) is 3.72. The van der Waals surface area contributed by atoms with Crippen LogP contribution in [-0.2, 0) is 0 Å². The molecule has 0 aliphatic rings. The summed E-state index contributed by atoms with van der Waals surface area (Å²) in [6.07, 6.45) is 1.54. The molecular formula is C17H20N2. The maximum absolute atomic E-state index is 8.66. The standard InChI is InChI=1S/C17H20N2/c1-17(2,10-5-11-18)13-19-16-9-8-14-6-3-4-7-15(14)12-16/h3-4,6-9,12,19H,5,10,13H2,1-2H3. The zero-order valence-corrected chi connectivity index (χ0v) is 11.6. The number of nitriles is 1. The van der Waals surface area contributed by atoms with Gasteiger partial charge in [0.2, 0.25) is 0 Å². The lowest BCUT2D eigenvalue weighted by Gasteiger charge is -2.24. The Labute approximate surface area is 115 Å². The summed E-state index contributed by atoms with van der Waals surface area (Å²) < 4.78 is 0. The van der Waals surface area contributed by atoms with Gasteiger partial charge in [0.25, 0.3) is 0 Å². The van der Waals surface area contributed by atoms with Crippen molar-refractivity contribution in [3.8, 4) is 6.07 Å². The first kappa shape index (κ1) is 13.4. The van der Waals surface area contributed by atoms with Gasteiger partial charge in [0.15, 0.2) is 0 Å². The summed E-state index contributed by atoms with van der Waals surface area (Å²) in [4.78, 5) is 0. The number of rotatable bonds is 5. The summed E-state index contributed by atoms with van der Waals surface area (Å²) in [5.74, 6) is 0. The minimum absolute atomic E-state index is 0.140. The van der Waals surface area contributed by atoms with Crippen molar-refractivity contribution in [3.63, 3.8) is 0 Å². The molecule has 0 bridgehead atoms. The number of hydrogen-bond donors (Lipinski definition) is 1. The van der Waals surface area contributed by atoms with E-state index in [2.05, 4.69) is 67.7 Å². The molecule has 0 aromatic heterocycles. The Bertz CT molecular complexity index is 593. The predicted octanol–water partition coefficient (Wildman–Crippen LogP) is 4.58. The average molecular weight is 252 g/mol. The van der Waals surface area contributed by atoms with Crippen molar-refractivity contribution >= 4 is 16.5 Å². The van der Waals surface area contributed by atoms with Crippen LogP contribution in [0.5, 0.6) is 0 Å². The van der Waals surface area contributed by atoms with Crippen molar-refractivity contribution in [2.45, 2.75) is 26.7 Å². The first-order chi connectivity index (χ1) is 9.11. The topological polar surface area (TPSA) is 35.8 Å². The van der Waals surface area contributed by atoms with Crippen LogP contribution in [0, 0.1) is 16.7 Å². The smallest absolute Gasteiger partial charge is 0.0621 e. The number of nitrogens with one attached hydrogen (secondary N) is 1. The Balaban J connectivity index is 2.03. The quantitative estimate of drug-likeness (QED) is 0.845. The predicted molar refractivity (Wildman–Crippen MR) is 81.1 cm³/mol. The van der Waals surface area contributed by atoms with Crippen LogP contribution in [0.2, 0.25) is 0 Å². The van der Waals surface area contributed by atoms with Gasteiger partial charge in [-0.1, -0.05) is 44.2 Å². The lowest BCUT2D eigenvalue weighted by atomic mass is 9.88. The van der Waals surface area contributed by atoms with Crippen molar-refractivity contribution in [1.29, 1.82) is 5.26 Å². The van der Waals surface area contributed by atoms with Gasteiger partial charge in [-0.3, -0.25) is 0 Å². The van der Waals surface area contributed by atoms with E-state index in [9.17, 15) is 0 Å². The van der Waals surface area contributed by atoms with E-state index in [-0.39, 0.29) is 5.41 Å². The van der Waals surface area contributed by atoms with Crippen LogP contribution < -0.4 is 5.32 Å². The van der Waals surface area contributed by atoms with Crippen molar-refractivity contribution in [3.05, 3.63) is 42.5 Å². The van der Waals surface area contributed by atoms with Gasteiger partial charge < -0.3 is 5.32 Å². The highest BCUT2D eigenvalue weighted by Crippen LogP contribution is 2.24. The van der Waals surface area contributed by atoms with Crippen LogP contribution in [0.4, 0.5) is 5.69 Å². The van der Waals surface area contributed by atoms with E-state index in [1.165, 1.54) is 10.8 Å². The third-order valence-corrected chi connectivity index (χ3v) is 3.43. The minimum atomic E-state index is 0.140. The first-order valence-electron chi connectivity index (χ1n) is 6.70. The fourth-order valence-electron chi connectivity index (χ4n) is 2.12. The molecule has 0 aliphatic heterocycles. The zero-order chi connectivity index (χ0) is 13.7. The van der Waals surface area contributed by atoms with Gasteiger partial charge in [-0.2, -0.15) is 5.26 Å². The van der Waals surface area contributed by atoms with Gasteiger partial charge in [0, 0.05) is 18.7 Å². The number of benzene rings is 2. The van der Waals surface area contributed by atoms with Crippen LogP contribution in [0.15, 0.2) is 42.5 Å². The molecule has 0 saturated carbocycles. The fraction of sp³-hybridized carbons (Fsp3) is 0.353. The zero-order valence-electron chi connectivity index (χ0n) is 11.6. The molecule has 2 nitrogen and oxygen atoms in total. The number of nitrogens with zero attached hydrogens (tertiary/aromatic N) is 1. The average Bonchev–Trinajstić information content (AvgIpc) is 2.43. The lowest BCUT2D eigenvalue weighted by Crippen LogP contribution is -2.22. The van der Waals surface area contributed by atoms with Crippen LogP contribution in [0.3, 0.4) is 0 Å². The normalized spacial score (nSPS) is 11.2. The largest absolute Gasteiger partial charge is 0.384 e. The summed E-state index contributed by atoms with van der Waals surface area (Å²) in [6.45, 7) is 5.27. The molecule has 0 amide bonds. The van der Waals surface area contributed by atoms with Gasteiger partial charge in [-0.15, -0.1) is 0 Å². The molecule has 0 heterocycles.